The lowest BCUT2D eigenvalue weighted by molar-refractivity contribution is -0.124. The van der Waals surface area contributed by atoms with E-state index in [-0.39, 0.29) is 16.9 Å². The Bertz CT molecular complexity index is 235. The van der Waals surface area contributed by atoms with Gasteiger partial charge in [0.25, 0.3) is 0 Å². The topological polar surface area (TPSA) is 29.1 Å². The number of thiol groups is 1. The highest BCUT2D eigenvalue weighted by Gasteiger charge is 2.44. The van der Waals surface area contributed by atoms with Crippen LogP contribution in [-0.4, -0.2) is 17.2 Å². The van der Waals surface area contributed by atoms with Gasteiger partial charge in [0.05, 0.1) is 0 Å². The zero-order valence-electron chi connectivity index (χ0n) is 8.81. The Hall–Kier alpha value is -0.180. The van der Waals surface area contributed by atoms with Gasteiger partial charge in [-0.3, -0.25) is 4.79 Å². The van der Waals surface area contributed by atoms with Gasteiger partial charge in [-0.25, -0.2) is 0 Å². The molecule has 2 aliphatic rings. The van der Waals surface area contributed by atoms with Crippen molar-refractivity contribution in [2.75, 3.05) is 5.75 Å². The summed E-state index contributed by atoms with van der Waals surface area (Å²) >= 11 is 4.31. The molecular weight excluding hydrogens is 194 g/mol. The number of rotatable bonds is 4. The molecule has 14 heavy (non-hydrogen) atoms. The fraction of sp³-hybridized carbons (Fsp3) is 0.909. The molecule has 0 aromatic carbocycles. The third-order valence-corrected chi connectivity index (χ3v) is 4.40. The van der Waals surface area contributed by atoms with Crippen molar-refractivity contribution in [3.8, 4) is 0 Å². The fourth-order valence-corrected chi connectivity index (χ4v) is 2.55. The van der Waals surface area contributed by atoms with Crippen molar-refractivity contribution < 1.29 is 4.79 Å². The molecule has 80 valence electrons. The van der Waals surface area contributed by atoms with Gasteiger partial charge in [-0.1, -0.05) is 0 Å². The number of amides is 1. The van der Waals surface area contributed by atoms with E-state index in [9.17, 15) is 4.79 Å². The van der Waals surface area contributed by atoms with Crippen molar-refractivity contribution >= 4 is 18.5 Å². The van der Waals surface area contributed by atoms with Crippen LogP contribution in [-0.2, 0) is 4.79 Å². The molecule has 1 amide bonds. The minimum Gasteiger partial charge on any atom is -0.351 e. The molecule has 2 nitrogen and oxygen atoms in total. The first-order valence-electron chi connectivity index (χ1n) is 5.50. The number of carbonyl (C=O) groups excluding carboxylic acids is 1. The number of hydrogen-bond donors (Lipinski definition) is 2. The van der Waals surface area contributed by atoms with E-state index in [4.69, 9.17) is 0 Å². The van der Waals surface area contributed by atoms with Crippen LogP contribution in [0.15, 0.2) is 0 Å². The molecule has 0 atom stereocenters. The monoisotopic (exact) mass is 213 g/mol. The predicted octanol–water partition coefficient (Wildman–Crippen LogP) is 2.15. The lowest BCUT2D eigenvalue weighted by Crippen LogP contribution is -2.51. The maximum atomic E-state index is 11.7. The summed E-state index contributed by atoms with van der Waals surface area (Å²) in [5, 5.41) is 3.15. The van der Waals surface area contributed by atoms with Crippen LogP contribution in [0, 0.1) is 5.41 Å². The van der Waals surface area contributed by atoms with Crippen LogP contribution < -0.4 is 5.32 Å². The zero-order valence-corrected chi connectivity index (χ0v) is 9.70. The number of hydrogen-bond acceptors (Lipinski definition) is 2. The summed E-state index contributed by atoms with van der Waals surface area (Å²) in [5.74, 6) is 1.09. The molecule has 3 heteroatoms. The summed E-state index contributed by atoms with van der Waals surface area (Å²) in [5.41, 5.74) is 0.372. The van der Waals surface area contributed by atoms with Gasteiger partial charge in [0.1, 0.15) is 0 Å². The Morgan fingerprint density at radius 2 is 2.00 bits per heavy atom. The van der Waals surface area contributed by atoms with Crippen LogP contribution in [0.1, 0.15) is 45.4 Å². The lowest BCUT2D eigenvalue weighted by Gasteiger charge is -2.39. The molecule has 0 aromatic heterocycles. The third kappa shape index (κ3) is 2.08. The average Bonchev–Trinajstić information content (AvgIpc) is 2.82. The van der Waals surface area contributed by atoms with E-state index in [0.717, 1.165) is 18.6 Å². The van der Waals surface area contributed by atoms with E-state index >= 15 is 0 Å². The Balaban J connectivity index is 1.79. The second-order valence-corrected chi connectivity index (χ2v) is 5.61. The van der Waals surface area contributed by atoms with E-state index in [1.54, 1.807) is 0 Å². The molecule has 2 saturated carbocycles. The minimum absolute atomic E-state index is 0.115. The van der Waals surface area contributed by atoms with Gasteiger partial charge in [-0.2, -0.15) is 12.6 Å². The van der Waals surface area contributed by atoms with Gasteiger partial charge >= 0.3 is 0 Å². The quantitative estimate of drug-likeness (QED) is 0.688. The van der Waals surface area contributed by atoms with Gasteiger partial charge in [0.2, 0.25) is 5.91 Å². The van der Waals surface area contributed by atoms with Crippen molar-refractivity contribution in [2.45, 2.75) is 51.0 Å². The summed E-state index contributed by atoms with van der Waals surface area (Å²) in [6.07, 6.45) is 6.60. The molecule has 2 rings (SSSR count). The van der Waals surface area contributed by atoms with Gasteiger partial charge in [0.15, 0.2) is 0 Å². The summed E-state index contributed by atoms with van der Waals surface area (Å²) < 4.78 is 0. The molecule has 0 heterocycles. The minimum atomic E-state index is 0.115. The third-order valence-electron chi connectivity index (χ3n) is 3.73. The Kier molecular flexibility index (Phi) is 2.54. The molecule has 0 saturated heterocycles. The highest BCUT2D eigenvalue weighted by molar-refractivity contribution is 7.80. The van der Waals surface area contributed by atoms with Crippen molar-refractivity contribution in [1.29, 1.82) is 0 Å². The summed E-state index contributed by atoms with van der Waals surface area (Å²) in [4.78, 5) is 11.7. The van der Waals surface area contributed by atoms with Crippen LogP contribution in [0.3, 0.4) is 0 Å². The average molecular weight is 213 g/mol. The first kappa shape index (κ1) is 10.3. The molecule has 0 unspecified atom stereocenters. The molecule has 1 N–H and O–H groups in total. The second-order valence-electron chi connectivity index (χ2n) is 5.30. The Morgan fingerprint density at radius 1 is 1.36 bits per heavy atom. The standard InChI is InChI=1S/C11H19NOS/c1-10(3-2-4-10)12-9(13)7-11(8-14)5-6-11/h14H,2-8H2,1H3,(H,12,13). The predicted molar refractivity (Wildman–Crippen MR) is 60.5 cm³/mol. The molecule has 2 aliphatic carbocycles. The maximum absolute atomic E-state index is 11.7. The van der Waals surface area contributed by atoms with Gasteiger partial charge < -0.3 is 5.32 Å². The number of nitrogens with one attached hydrogen (secondary N) is 1. The van der Waals surface area contributed by atoms with Crippen molar-refractivity contribution in [1.82, 2.24) is 5.32 Å². The van der Waals surface area contributed by atoms with E-state index in [1.807, 2.05) is 0 Å². The smallest absolute Gasteiger partial charge is 0.221 e. The largest absolute Gasteiger partial charge is 0.351 e. The van der Waals surface area contributed by atoms with Crippen molar-refractivity contribution in [3.63, 3.8) is 0 Å². The van der Waals surface area contributed by atoms with Gasteiger partial charge in [0, 0.05) is 12.0 Å². The van der Waals surface area contributed by atoms with E-state index in [0.29, 0.717) is 6.42 Å². The molecule has 0 bridgehead atoms. The number of carbonyl (C=O) groups is 1. The lowest BCUT2D eigenvalue weighted by atomic mass is 9.78. The SMILES string of the molecule is CC1(NC(=O)CC2(CS)CC2)CCC1. The van der Waals surface area contributed by atoms with E-state index in [2.05, 4.69) is 24.9 Å². The van der Waals surface area contributed by atoms with Crippen LogP contribution in [0.5, 0.6) is 0 Å². The summed E-state index contributed by atoms with van der Waals surface area (Å²) in [6.45, 7) is 2.15. The highest BCUT2D eigenvalue weighted by atomic mass is 32.1. The highest BCUT2D eigenvalue weighted by Crippen LogP contribution is 2.49. The van der Waals surface area contributed by atoms with Crippen molar-refractivity contribution in [3.05, 3.63) is 0 Å². The van der Waals surface area contributed by atoms with Gasteiger partial charge in [-0.05, 0) is 50.2 Å². The molecule has 2 fully saturated rings. The Morgan fingerprint density at radius 3 is 2.36 bits per heavy atom. The molecular formula is C11H19NOS. The Labute approximate surface area is 91.2 Å². The van der Waals surface area contributed by atoms with Crippen LogP contribution >= 0.6 is 12.6 Å². The summed E-state index contributed by atoms with van der Waals surface area (Å²) in [7, 11) is 0. The summed E-state index contributed by atoms with van der Waals surface area (Å²) in [6, 6.07) is 0. The van der Waals surface area contributed by atoms with Crippen LogP contribution in [0.2, 0.25) is 0 Å². The maximum Gasteiger partial charge on any atom is 0.221 e. The molecule has 0 spiro atoms. The van der Waals surface area contributed by atoms with Crippen LogP contribution in [0.4, 0.5) is 0 Å². The van der Waals surface area contributed by atoms with Crippen molar-refractivity contribution in [2.24, 2.45) is 5.41 Å². The molecule has 0 aromatic rings. The van der Waals surface area contributed by atoms with E-state index < -0.39 is 0 Å². The first-order chi connectivity index (χ1) is 6.58. The second kappa shape index (κ2) is 3.44. The molecule has 0 aliphatic heterocycles. The normalized spacial score (nSPS) is 26.4. The zero-order chi connectivity index (χ0) is 10.2. The fourth-order valence-electron chi connectivity index (χ4n) is 2.12. The van der Waals surface area contributed by atoms with Gasteiger partial charge in [-0.15, -0.1) is 0 Å². The van der Waals surface area contributed by atoms with E-state index in [1.165, 1.54) is 19.3 Å². The first-order valence-corrected chi connectivity index (χ1v) is 6.13. The molecule has 0 radical (unpaired) electrons. The van der Waals surface area contributed by atoms with Crippen LogP contribution in [0.25, 0.3) is 0 Å².